The molecule has 10 heteroatoms. The summed E-state index contributed by atoms with van der Waals surface area (Å²) in [5, 5.41) is 3.33. The highest BCUT2D eigenvalue weighted by atomic mass is 16.6. The van der Waals surface area contributed by atoms with Crippen LogP contribution in [0, 0.1) is 0 Å². The van der Waals surface area contributed by atoms with Gasteiger partial charge in [-0.3, -0.25) is 9.88 Å². The molecule has 1 fully saturated rings. The molecule has 0 atom stereocenters. The summed E-state index contributed by atoms with van der Waals surface area (Å²) in [5.74, 6) is 1.67. The van der Waals surface area contributed by atoms with Gasteiger partial charge in [-0.2, -0.15) is 0 Å². The van der Waals surface area contributed by atoms with E-state index >= 15 is 0 Å². The lowest BCUT2D eigenvalue weighted by Gasteiger charge is -2.35. The van der Waals surface area contributed by atoms with E-state index in [0.29, 0.717) is 25.6 Å². The van der Waals surface area contributed by atoms with Gasteiger partial charge in [0.15, 0.2) is 0 Å². The predicted molar refractivity (Wildman–Crippen MR) is 156 cm³/mol. The van der Waals surface area contributed by atoms with Gasteiger partial charge in [0.25, 0.3) is 0 Å². The molecule has 210 valence electrons. The topological polar surface area (TPSA) is 112 Å². The number of carbonyl (C=O) groups is 1. The molecular formula is C30H38N8O2. The van der Waals surface area contributed by atoms with Crippen LogP contribution in [0.2, 0.25) is 0 Å². The summed E-state index contributed by atoms with van der Waals surface area (Å²) >= 11 is 0. The number of piperazine rings is 1. The molecule has 0 aliphatic carbocycles. The van der Waals surface area contributed by atoms with Gasteiger partial charge in [0.2, 0.25) is 0 Å². The number of ether oxygens (including phenoxy) is 1. The molecule has 10 nitrogen and oxygen atoms in total. The molecule has 0 radical (unpaired) electrons. The molecule has 0 saturated carbocycles. The van der Waals surface area contributed by atoms with E-state index in [0.717, 1.165) is 59.3 Å². The first kappa shape index (κ1) is 27.5. The zero-order chi connectivity index (χ0) is 28.3. The summed E-state index contributed by atoms with van der Waals surface area (Å²) < 4.78 is 5.51. The normalized spacial score (nSPS) is 14.6. The summed E-state index contributed by atoms with van der Waals surface area (Å²) in [6, 6.07) is 12.6. The third-order valence-electron chi connectivity index (χ3n) is 6.59. The van der Waals surface area contributed by atoms with E-state index in [2.05, 4.69) is 62.2 Å². The van der Waals surface area contributed by atoms with Crippen molar-refractivity contribution >= 4 is 22.9 Å². The number of nitrogens with one attached hydrogen (secondary N) is 2. The molecular weight excluding hydrogens is 504 g/mol. The Bertz CT molecular complexity index is 1470. The van der Waals surface area contributed by atoms with Crippen LogP contribution in [-0.4, -0.2) is 78.6 Å². The van der Waals surface area contributed by atoms with E-state index in [1.54, 1.807) is 11.2 Å². The number of rotatable bonds is 7. The van der Waals surface area contributed by atoms with Crippen molar-refractivity contribution in [2.24, 2.45) is 0 Å². The fourth-order valence-electron chi connectivity index (χ4n) is 4.76. The van der Waals surface area contributed by atoms with Crippen LogP contribution < -0.4 is 5.32 Å². The van der Waals surface area contributed by atoms with E-state index in [-0.39, 0.29) is 6.09 Å². The number of aromatic amines is 1. The SMILES string of the molecule is CC(C)Nc1cc(-c2ccc3nc(Cc4cc(CN5CCN(C(=O)OC(C)(C)C)CC5)ccn4)[nH]c3c2)ncn1. The first-order valence-electron chi connectivity index (χ1n) is 13.8. The summed E-state index contributed by atoms with van der Waals surface area (Å²) in [5.41, 5.74) is 5.42. The molecule has 0 bridgehead atoms. The van der Waals surface area contributed by atoms with Crippen LogP contribution in [0.3, 0.4) is 0 Å². The van der Waals surface area contributed by atoms with Gasteiger partial charge in [-0.15, -0.1) is 0 Å². The van der Waals surface area contributed by atoms with E-state index in [1.807, 2.05) is 45.2 Å². The minimum absolute atomic E-state index is 0.235. The molecule has 1 aromatic carbocycles. The monoisotopic (exact) mass is 542 g/mol. The van der Waals surface area contributed by atoms with Crippen molar-refractivity contribution in [3.63, 3.8) is 0 Å². The number of anilines is 1. The number of pyridine rings is 1. The number of hydrogen-bond acceptors (Lipinski definition) is 8. The number of H-pyrrole nitrogens is 1. The highest BCUT2D eigenvalue weighted by Crippen LogP contribution is 2.24. The standard InChI is InChI=1S/C30H38N8O2/c1-20(2)34-27-17-25(32-19-33-27)22-6-7-24-26(15-22)36-28(35-24)16-23-14-21(8-9-31-23)18-37-10-12-38(13-11-37)29(39)40-30(3,4)5/h6-9,14-15,17,19-20H,10-13,16,18H2,1-5H3,(H,35,36)(H,32,33,34). The van der Waals surface area contributed by atoms with Crippen molar-refractivity contribution < 1.29 is 9.53 Å². The minimum Gasteiger partial charge on any atom is -0.444 e. The summed E-state index contributed by atoms with van der Waals surface area (Å²) in [6.45, 7) is 13.6. The van der Waals surface area contributed by atoms with Gasteiger partial charge < -0.3 is 19.9 Å². The van der Waals surface area contributed by atoms with Crippen LogP contribution in [0.25, 0.3) is 22.3 Å². The third kappa shape index (κ3) is 7.12. The molecule has 5 rings (SSSR count). The quantitative estimate of drug-likeness (QED) is 0.340. The number of aromatic nitrogens is 5. The van der Waals surface area contributed by atoms with Crippen LogP contribution in [-0.2, 0) is 17.7 Å². The highest BCUT2D eigenvalue weighted by Gasteiger charge is 2.25. The molecule has 1 amide bonds. The molecule has 1 saturated heterocycles. The Labute approximate surface area is 235 Å². The van der Waals surface area contributed by atoms with Crippen LogP contribution in [0.4, 0.5) is 10.6 Å². The summed E-state index contributed by atoms with van der Waals surface area (Å²) in [4.78, 5) is 38.1. The van der Waals surface area contributed by atoms with Crippen molar-refractivity contribution in [3.05, 3.63) is 66.0 Å². The molecule has 40 heavy (non-hydrogen) atoms. The molecule has 0 spiro atoms. The number of benzene rings is 1. The van der Waals surface area contributed by atoms with Crippen LogP contribution in [0.5, 0.6) is 0 Å². The number of amides is 1. The fourth-order valence-corrected chi connectivity index (χ4v) is 4.76. The van der Waals surface area contributed by atoms with Crippen molar-refractivity contribution in [2.75, 3.05) is 31.5 Å². The Morgan fingerprint density at radius 2 is 1.85 bits per heavy atom. The minimum atomic E-state index is -0.477. The van der Waals surface area contributed by atoms with Gasteiger partial charge >= 0.3 is 6.09 Å². The lowest BCUT2D eigenvalue weighted by molar-refractivity contribution is 0.0139. The number of hydrogen-bond donors (Lipinski definition) is 2. The van der Waals surface area contributed by atoms with Crippen molar-refractivity contribution in [1.29, 1.82) is 0 Å². The zero-order valence-electron chi connectivity index (χ0n) is 23.9. The number of fused-ring (bicyclic) bond motifs is 1. The smallest absolute Gasteiger partial charge is 0.410 e. The average molecular weight is 543 g/mol. The lowest BCUT2D eigenvalue weighted by atomic mass is 10.1. The van der Waals surface area contributed by atoms with Gasteiger partial charge in [-0.05, 0) is 64.4 Å². The average Bonchev–Trinajstić information content (AvgIpc) is 3.29. The van der Waals surface area contributed by atoms with Crippen LogP contribution in [0.15, 0.2) is 48.9 Å². The van der Waals surface area contributed by atoms with Crippen LogP contribution in [0.1, 0.15) is 51.7 Å². The summed E-state index contributed by atoms with van der Waals surface area (Å²) in [7, 11) is 0. The largest absolute Gasteiger partial charge is 0.444 e. The molecule has 0 unspecified atom stereocenters. The molecule has 3 aromatic heterocycles. The first-order valence-corrected chi connectivity index (χ1v) is 13.8. The predicted octanol–water partition coefficient (Wildman–Crippen LogP) is 4.88. The molecule has 1 aliphatic heterocycles. The van der Waals surface area contributed by atoms with Crippen molar-refractivity contribution in [3.8, 4) is 11.3 Å². The van der Waals surface area contributed by atoms with Gasteiger partial charge in [0, 0.05) is 68.7 Å². The maximum Gasteiger partial charge on any atom is 0.410 e. The number of carbonyl (C=O) groups excluding carboxylic acids is 1. The highest BCUT2D eigenvalue weighted by molar-refractivity contribution is 5.81. The second-order valence-electron chi connectivity index (χ2n) is 11.6. The zero-order valence-corrected chi connectivity index (χ0v) is 23.9. The lowest BCUT2D eigenvalue weighted by Crippen LogP contribution is -2.49. The van der Waals surface area contributed by atoms with Gasteiger partial charge in [0.05, 0.1) is 16.7 Å². The van der Waals surface area contributed by atoms with Crippen LogP contribution >= 0.6 is 0 Å². The Hall–Kier alpha value is -4.05. The Morgan fingerprint density at radius 1 is 1.05 bits per heavy atom. The fraction of sp³-hybridized carbons (Fsp3) is 0.433. The number of nitrogens with zero attached hydrogens (tertiary/aromatic N) is 6. The third-order valence-corrected chi connectivity index (χ3v) is 6.59. The van der Waals surface area contributed by atoms with Gasteiger partial charge in [-0.25, -0.2) is 19.7 Å². The Balaban J connectivity index is 1.21. The number of imidazole rings is 1. The first-order chi connectivity index (χ1) is 19.1. The Kier molecular flexibility index (Phi) is 7.97. The van der Waals surface area contributed by atoms with Crippen molar-refractivity contribution in [1.82, 2.24) is 34.7 Å². The molecule has 1 aliphatic rings. The second kappa shape index (κ2) is 11.6. The van der Waals surface area contributed by atoms with E-state index < -0.39 is 5.60 Å². The van der Waals surface area contributed by atoms with Crippen molar-refractivity contribution in [2.45, 2.75) is 59.2 Å². The second-order valence-corrected chi connectivity index (χ2v) is 11.6. The maximum absolute atomic E-state index is 12.4. The van der Waals surface area contributed by atoms with E-state index in [1.165, 1.54) is 5.56 Å². The van der Waals surface area contributed by atoms with E-state index in [4.69, 9.17) is 9.72 Å². The maximum atomic E-state index is 12.4. The van der Waals surface area contributed by atoms with Gasteiger partial charge in [-0.1, -0.05) is 6.07 Å². The molecule has 4 heterocycles. The summed E-state index contributed by atoms with van der Waals surface area (Å²) in [6.07, 6.45) is 3.82. The van der Waals surface area contributed by atoms with E-state index in [9.17, 15) is 4.79 Å². The molecule has 2 N–H and O–H groups in total. The van der Waals surface area contributed by atoms with Gasteiger partial charge in [0.1, 0.15) is 23.6 Å². The molecule has 4 aromatic rings. The Morgan fingerprint density at radius 3 is 2.60 bits per heavy atom.